The lowest BCUT2D eigenvalue weighted by atomic mass is 10.0. The van der Waals surface area contributed by atoms with Crippen LogP contribution < -0.4 is 10.1 Å². The second kappa shape index (κ2) is 8.30. The molecule has 0 aliphatic carbocycles. The molecule has 1 amide bonds. The second-order valence-electron chi connectivity index (χ2n) is 5.94. The third kappa shape index (κ3) is 4.82. The molecule has 1 heterocycles. The van der Waals surface area contributed by atoms with E-state index in [4.69, 9.17) is 4.74 Å². The van der Waals surface area contributed by atoms with E-state index in [0.29, 0.717) is 31.3 Å². The van der Waals surface area contributed by atoms with Crippen molar-refractivity contribution < 1.29 is 17.9 Å². The first-order chi connectivity index (χ1) is 11.4. The van der Waals surface area contributed by atoms with Crippen molar-refractivity contribution in [3.05, 3.63) is 36.9 Å². The molecule has 1 N–H and O–H groups in total. The Hall–Kier alpha value is -1.86. The van der Waals surface area contributed by atoms with E-state index in [9.17, 15) is 13.2 Å². The average Bonchev–Trinajstić information content (AvgIpc) is 2.59. The summed E-state index contributed by atoms with van der Waals surface area (Å²) in [7, 11) is -3.46. The molecule has 1 aliphatic rings. The maximum absolute atomic E-state index is 12.6. The molecule has 0 aromatic heterocycles. The standard InChI is InChI=1S/C17H24N2O4S/c1-3-10-18-17(20)13-23-15-4-6-16(7-5-15)24(21,22)19-11-8-14(2)9-12-19/h3-7,14H,1,8-13H2,2H3,(H,18,20). The van der Waals surface area contributed by atoms with Crippen molar-refractivity contribution in [1.29, 1.82) is 0 Å². The number of hydrogen-bond acceptors (Lipinski definition) is 4. The number of carbonyl (C=O) groups excluding carboxylic acids is 1. The van der Waals surface area contributed by atoms with Crippen molar-refractivity contribution >= 4 is 15.9 Å². The van der Waals surface area contributed by atoms with E-state index < -0.39 is 10.0 Å². The monoisotopic (exact) mass is 352 g/mol. The van der Waals surface area contributed by atoms with Gasteiger partial charge in [-0.3, -0.25) is 4.79 Å². The van der Waals surface area contributed by atoms with Crippen LogP contribution >= 0.6 is 0 Å². The Bertz CT molecular complexity index is 662. The molecule has 0 atom stereocenters. The van der Waals surface area contributed by atoms with Gasteiger partial charge in [0.1, 0.15) is 5.75 Å². The second-order valence-corrected chi connectivity index (χ2v) is 7.88. The SMILES string of the molecule is C=CCNC(=O)COc1ccc(S(=O)(=O)N2CCC(C)CC2)cc1. The zero-order valence-electron chi connectivity index (χ0n) is 13.9. The number of piperidine rings is 1. The van der Waals surface area contributed by atoms with Gasteiger partial charge in [-0.15, -0.1) is 6.58 Å². The van der Waals surface area contributed by atoms with Crippen molar-refractivity contribution in [2.45, 2.75) is 24.7 Å². The summed E-state index contributed by atoms with van der Waals surface area (Å²) < 4.78 is 32.1. The Labute approximate surface area is 143 Å². The summed E-state index contributed by atoms with van der Waals surface area (Å²) in [5, 5.41) is 2.60. The van der Waals surface area contributed by atoms with E-state index in [1.807, 2.05) is 0 Å². The Morgan fingerprint density at radius 1 is 1.33 bits per heavy atom. The molecule has 0 saturated carbocycles. The Balaban J connectivity index is 1.95. The minimum atomic E-state index is -3.46. The van der Waals surface area contributed by atoms with E-state index >= 15 is 0 Å². The van der Waals surface area contributed by atoms with Crippen LogP contribution in [-0.4, -0.2) is 44.9 Å². The van der Waals surface area contributed by atoms with Gasteiger partial charge in [0.05, 0.1) is 4.90 Å². The lowest BCUT2D eigenvalue weighted by Crippen LogP contribution is -2.37. The normalized spacial score (nSPS) is 16.5. The van der Waals surface area contributed by atoms with Crippen LogP contribution in [0.15, 0.2) is 41.8 Å². The molecule has 0 spiro atoms. The van der Waals surface area contributed by atoms with Gasteiger partial charge in [0.25, 0.3) is 5.91 Å². The molecule has 2 rings (SSSR count). The zero-order valence-corrected chi connectivity index (χ0v) is 14.7. The zero-order chi connectivity index (χ0) is 17.6. The summed E-state index contributed by atoms with van der Waals surface area (Å²) in [4.78, 5) is 11.7. The number of carbonyl (C=O) groups is 1. The average molecular weight is 352 g/mol. The molecule has 1 aliphatic heterocycles. The first-order valence-corrected chi connectivity index (χ1v) is 9.48. The Kier molecular flexibility index (Phi) is 6.39. The third-order valence-electron chi connectivity index (χ3n) is 4.02. The lowest BCUT2D eigenvalue weighted by Gasteiger charge is -2.29. The fourth-order valence-electron chi connectivity index (χ4n) is 2.47. The van der Waals surface area contributed by atoms with Crippen molar-refractivity contribution in [3.63, 3.8) is 0 Å². The highest BCUT2D eigenvalue weighted by atomic mass is 32.2. The van der Waals surface area contributed by atoms with Gasteiger partial charge in [0, 0.05) is 19.6 Å². The first-order valence-electron chi connectivity index (χ1n) is 8.04. The molecule has 24 heavy (non-hydrogen) atoms. The highest BCUT2D eigenvalue weighted by molar-refractivity contribution is 7.89. The number of amides is 1. The highest BCUT2D eigenvalue weighted by Crippen LogP contribution is 2.24. The first kappa shape index (κ1) is 18.5. The predicted octanol–water partition coefficient (Wildman–Crippen LogP) is 1.79. The predicted molar refractivity (Wildman–Crippen MR) is 92.3 cm³/mol. The van der Waals surface area contributed by atoms with Crippen LogP contribution in [0.1, 0.15) is 19.8 Å². The van der Waals surface area contributed by atoms with Crippen molar-refractivity contribution in [2.75, 3.05) is 26.2 Å². The molecule has 132 valence electrons. The summed E-state index contributed by atoms with van der Waals surface area (Å²) >= 11 is 0. The van der Waals surface area contributed by atoms with E-state index in [2.05, 4.69) is 18.8 Å². The number of sulfonamides is 1. The summed E-state index contributed by atoms with van der Waals surface area (Å²) in [5.74, 6) is 0.767. The van der Waals surface area contributed by atoms with Gasteiger partial charge in [-0.25, -0.2) is 8.42 Å². The number of benzene rings is 1. The van der Waals surface area contributed by atoms with Crippen molar-refractivity contribution in [3.8, 4) is 5.75 Å². The fraction of sp³-hybridized carbons (Fsp3) is 0.471. The fourth-order valence-corrected chi connectivity index (χ4v) is 3.94. The molecule has 1 fully saturated rings. The summed E-state index contributed by atoms with van der Waals surface area (Å²) in [6, 6.07) is 6.18. The van der Waals surface area contributed by atoms with Crippen LogP contribution in [-0.2, 0) is 14.8 Å². The van der Waals surface area contributed by atoms with Gasteiger partial charge in [0.15, 0.2) is 6.61 Å². The number of hydrogen-bond donors (Lipinski definition) is 1. The molecular weight excluding hydrogens is 328 g/mol. The van der Waals surface area contributed by atoms with Gasteiger partial charge < -0.3 is 10.1 Å². The van der Waals surface area contributed by atoms with Gasteiger partial charge in [-0.2, -0.15) is 4.31 Å². The summed E-state index contributed by atoms with van der Waals surface area (Å²) in [6.07, 6.45) is 3.36. The lowest BCUT2D eigenvalue weighted by molar-refractivity contribution is -0.122. The molecule has 1 saturated heterocycles. The van der Waals surface area contributed by atoms with Crippen LogP contribution in [0.25, 0.3) is 0 Å². The van der Waals surface area contributed by atoms with Crippen LogP contribution in [0, 0.1) is 5.92 Å². The van der Waals surface area contributed by atoms with Crippen LogP contribution in [0.4, 0.5) is 0 Å². The van der Waals surface area contributed by atoms with Gasteiger partial charge in [-0.05, 0) is 43.0 Å². The van der Waals surface area contributed by atoms with Crippen LogP contribution in [0.2, 0.25) is 0 Å². The van der Waals surface area contributed by atoms with Crippen LogP contribution in [0.3, 0.4) is 0 Å². The molecule has 1 aromatic carbocycles. The Morgan fingerprint density at radius 2 is 1.96 bits per heavy atom. The minimum Gasteiger partial charge on any atom is -0.484 e. The van der Waals surface area contributed by atoms with E-state index in [0.717, 1.165) is 12.8 Å². The largest absolute Gasteiger partial charge is 0.484 e. The number of nitrogens with zero attached hydrogens (tertiary/aromatic N) is 1. The minimum absolute atomic E-state index is 0.121. The van der Waals surface area contributed by atoms with Crippen LogP contribution in [0.5, 0.6) is 5.75 Å². The van der Waals surface area contributed by atoms with Crippen molar-refractivity contribution in [2.24, 2.45) is 5.92 Å². The van der Waals surface area contributed by atoms with Gasteiger partial charge >= 0.3 is 0 Å². The van der Waals surface area contributed by atoms with Gasteiger partial charge in [-0.1, -0.05) is 13.0 Å². The maximum Gasteiger partial charge on any atom is 0.258 e. The highest BCUT2D eigenvalue weighted by Gasteiger charge is 2.27. The molecule has 6 nitrogen and oxygen atoms in total. The maximum atomic E-state index is 12.6. The van der Waals surface area contributed by atoms with Crippen molar-refractivity contribution in [1.82, 2.24) is 9.62 Å². The quantitative estimate of drug-likeness (QED) is 0.759. The molecule has 7 heteroatoms. The Morgan fingerprint density at radius 3 is 2.54 bits per heavy atom. The van der Waals surface area contributed by atoms with E-state index in [1.165, 1.54) is 16.4 Å². The number of rotatable bonds is 7. The third-order valence-corrected chi connectivity index (χ3v) is 5.93. The number of ether oxygens (including phenoxy) is 1. The number of nitrogens with one attached hydrogen (secondary N) is 1. The molecular formula is C17H24N2O4S. The van der Waals surface area contributed by atoms with E-state index in [1.54, 1.807) is 18.2 Å². The van der Waals surface area contributed by atoms with E-state index in [-0.39, 0.29) is 17.4 Å². The molecule has 0 bridgehead atoms. The topological polar surface area (TPSA) is 75.7 Å². The van der Waals surface area contributed by atoms with Gasteiger partial charge in [0.2, 0.25) is 10.0 Å². The molecule has 0 radical (unpaired) electrons. The smallest absolute Gasteiger partial charge is 0.258 e. The summed E-state index contributed by atoms with van der Waals surface area (Å²) in [5.41, 5.74) is 0. The summed E-state index contributed by atoms with van der Waals surface area (Å²) in [6.45, 7) is 7.03. The molecule has 0 unspecified atom stereocenters. The molecule has 1 aromatic rings.